The lowest BCUT2D eigenvalue weighted by Gasteiger charge is -2.09. The van der Waals surface area contributed by atoms with Gasteiger partial charge >= 0.3 is 7.32 Å². The Hall–Kier alpha value is -0.705. The first-order valence-corrected chi connectivity index (χ1v) is 6.32. The Morgan fingerprint density at radius 3 is 2.53 bits per heavy atom. The molecule has 1 aromatic rings. The van der Waals surface area contributed by atoms with Crippen molar-refractivity contribution in [3.05, 3.63) is 29.3 Å². The summed E-state index contributed by atoms with van der Waals surface area (Å²) in [5.74, 6) is 0.537. The van der Waals surface area contributed by atoms with Gasteiger partial charge in [0.25, 0.3) is 0 Å². The third-order valence-corrected chi connectivity index (χ3v) is 2.56. The minimum absolute atomic E-state index is 0.509. The highest BCUT2D eigenvalue weighted by molar-refractivity contribution is 6.35. The molecular formula is C12H18BClO3. The smallest absolute Gasteiger partial charge is 0.512 e. The molecule has 0 aliphatic heterocycles. The maximum absolute atomic E-state index is 9.45. The normalized spacial score (nSPS) is 10.3. The van der Waals surface area contributed by atoms with Crippen molar-refractivity contribution in [2.45, 2.75) is 32.6 Å². The van der Waals surface area contributed by atoms with Crippen LogP contribution in [0.3, 0.4) is 0 Å². The number of hydrogen-bond acceptors (Lipinski definition) is 3. The molecule has 0 heterocycles. The van der Waals surface area contributed by atoms with Crippen molar-refractivity contribution in [2.75, 3.05) is 6.61 Å². The Kier molecular flexibility index (Phi) is 7.09. The van der Waals surface area contributed by atoms with Crippen molar-refractivity contribution < 1.29 is 14.3 Å². The van der Waals surface area contributed by atoms with Gasteiger partial charge in [-0.2, -0.15) is 0 Å². The second-order valence-electron chi connectivity index (χ2n) is 3.81. The number of halogens is 1. The summed E-state index contributed by atoms with van der Waals surface area (Å²) in [4.78, 5) is 0. The maximum Gasteiger partial charge on any atom is 0.710 e. The third-order valence-electron chi connectivity index (χ3n) is 2.31. The lowest BCUT2D eigenvalue weighted by atomic mass is 10.2. The molecule has 0 atom stereocenters. The van der Waals surface area contributed by atoms with Crippen LogP contribution in [0.25, 0.3) is 0 Å². The predicted octanol–water partition coefficient (Wildman–Crippen LogP) is 3.29. The minimum Gasteiger partial charge on any atom is -0.512 e. The molecule has 0 aromatic heterocycles. The van der Waals surface area contributed by atoms with Gasteiger partial charge in [0.2, 0.25) is 0 Å². The summed E-state index contributed by atoms with van der Waals surface area (Å²) in [6, 6.07) is 6.77. The van der Waals surface area contributed by atoms with Gasteiger partial charge in [-0.1, -0.05) is 37.8 Å². The van der Waals surface area contributed by atoms with Crippen LogP contribution in [0.1, 0.15) is 32.6 Å². The van der Waals surface area contributed by atoms with Crippen molar-refractivity contribution in [3.8, 4) is 5.75 Å². The molecule has 1 N–H and O–H groups in total. The first kappa shape index (κ1) is 14.4. The van der Waals surface area contributed by atoms with Crippen LogP contribution < -0.4 is 4.65 Å². The van der Waals surface area contributed by atoms with Crippen molar-refractivity contribution in [3.63, 3.8) is 0 Å². The van der Waals surface area contributed by atoms with Gasteiger partial charge in [-0.15, -0.1) is 0 Å². The summed E-state index contributed by atoms with van der Waals surface area (Å²) >= 11 is 5.73. The lowest BCUT2D eigenvalue weighted by molar-refractivity contribution is 0.189. The van der Waals surface area contributed by atoms with Crippen LogP contribution in [0.15, 0.2) is 24.3 Å². The molecule has 0 amide bonds. The molecule has 0 saturated carbocycles. The Balaban J connectivity index is 2.16. The van der Waals surface area contributed by atoms with Crippen molar-refractivity contribution >= 4 is 18.9 Å². The van der Waals surface area contributed by atoms with E-state index in [0.717, 1.165) is 12.8 Å². The fourth-order valence-electron chi connectivity index (χ4n) is 1.38. The highest BCUT2D eigenvalue weighted by Crippen LogP contribution is 2.15. The first-order valence-electron chi connectivity index (χ1n) is 5.94. The van der Waals surface area contributed by atoms with Gasteiger partial charge in [0, 0.05) is 11.6 Å². The zero-order valence-electron chi connectivity index (χ0n) is 10.1. The molecule has 0 radical (unpaired) electrons. The van der Waals surface area contributed by atoms with Crippen LogP contribution in [0.2, 0.25) is 5.02 Å². The van der Waals surface area contributed by atoms with E-state index in [-0.39, 0.29) is 0 Å². The summed E-state index contributed by atoms with van der Waals surface area (Å²) in [5, 5.41) is 10.1. The van der Waals surface area contributed by atoms with Gasteiger partial charge in [0.1, 0.15) is 5.75 Å². The van der Waals surface area contributed by atoms with Crippen LogP contribution in [-0.4, -0.2) is 19.0 Å². The molecule has 0 bridgehead atoms. The van der Waals surface area contributed by atoms with Crippen LogP contribution in [0.5, 0.6) is 5.75 Å². The van der Waals surface area contributed by atoms with E-state index >= 15 is 0 Å². The molecule has 0 aliphatic rings. The molecule has 94 valence electrons. The Labute approximate surface area is 108 Å². The quantitative estimate of drug-likeness (QED) is 0.573. The molecule has 0 saturated heterocycles. The second kappa shape index (κ2) is 8.40. The molecule has 1 aromatic carbocycles. The summed E-state index contributed by atoms with van der Waals surface area (Å²) in [6.45, 7) is 2.66. The monoisotopic (exact) mass is 256 g/mol. The van der Waals surface area contributed by atoms with Gasteiger partial charge in [0.15, 0.2) is 0 Å². The molecule has 0 unspecified atom stereocenters. The average Bonchev–Trinajstić information content (AvgIpc) is 2.32. The molecule has 0 spiro atoms. The summed E-state index contributed by atoms with van der Waals surface area (Å²) in [5.41, 5.74) is 0. The lowest BCUT2D eigenvalue weighted by Crippen LogP contribution is -2.26. The zero-order valence-corrected chi connectivity index (χ0v) is 10.8. The van der Waals surface area contributed by atoms with E-state index in [0.29, 0.717) is 17.4 Å². The van der Waals surface area contributed by atoms with E-state index in [9.17, 15) is 5.02 Å². The van der Waals surface area contributed by atoms with Crippen LogP contribution in [0, 0.1) is 0 Å². The molecule has 0 fully saturated rings. The average molecular weight is 257 g/mol. The van der Waals surface area contributed by atoms with Crippen LogP contribution >= 0.6 is 11.6 Å². The fraction of sp³-hybridized carbons (Fsp3) is 0.500. The van der Waals surface area contributed by atoms with Gasteiger partial charge < -0.3 is 14.3 Å². The topological polar surface area (TPSA) is 38.7 Å². The highest BCUT2D eigenvalue weighted by atomic mass is 35.5. The molecule has 0 aliphatic carbocycles. The van der Waals surface area contributed by atoms with E-state index in [1.807, 2.05) is 0 Å². The number of unbranched alkanes of at least 4 members (excludes halogenated alkanes) is 3. The summed E-state index contributed by atoms with van der Waals surface area (Å²) in [7, 11) is -1.21. The second-order valence-corrected chi connectivity index (χ2v) is 4.25. The Bertz CT molecular complexity index is 305. The Morgan fingerprint density at radius 1 is 1.18 bits per heavy atom. The molecular weight excluding hydrogens is 238 g/mol. The van der Waals surface area contributed by atoms with E-state index in [2.05, 4.69) is 6.92 Å². The molecule has 5 heteroatoms. The third kappa shape index (κ3) is 6.56. The van der Waals surface area contributed by atoms with Gasteiger partial charge in [0.05, 0.1) is 0 Å². The fourth-order valence-corrected chi connectivity index (χ4v) is 1.50. The van der Waals surface area contributed by atoms with E-state index < -0.39 is 7.32 Å². The SMILES string of the molecule is CCCCCCOB(O)Oc1ccc(Cl)cc1. The van der Waals surface area contributed by atoms with Crippen LogP contribution in [0.4, 0.5) is 0 Å². The van der Waals surface area contributed by atoms with Crippen molar-refractivity contribution in [1.82, 2.24) is 0 Å². The van der Waals surface area contributed by atoms with Gasteiger partial charge in [-0.25, -0.2) is 0 Å². The first-order chi connectivity index (χ1) is 8.22. The van der Waals surface area contributed by atoms with Crippen molar-refractivity contribution in [2.24, 2.45) is 0 Å². The zero-order chi connectivity index (χ0) is 12.5. The van der Waals surface area contributed by atoms with Gasteiger partial charge in [-0.05, 0) is 30.7 Å². The summed E-state index contributed by atoms with van der Waals surface area (Å²) in [6.07, 6.45) is 4.43. The van der Waals surface area contributed by atoms with Gasteiger partial charge in [-0.3, -0.25) is 0 Å². The Morgan fingerprint density at radius 2 is 1.88 bits per heavy atom. The minimum atomic E-state index is -1.21. The van der Waals surface area contributed by atoms with E-state index in [4.69, 9.17) is 20.9 Å². The van der Waals surface area contributed by atoms with Crippen LogP contribution in [-0.2, 0) is 4.65 Å². The maximum atomic E-state index is 9.45. The largest absolute Gasteiger partial charge is 0.710 e. The molecule has 1 rings (SSSR count). The number of hydrogen-bond donors (Lipinski definition) is 1. The summed E-state index contributed by atoms with van der Waals surface area (Å²) < 4.78 is 10.3. The van der Waals surface area contributed by atoms with E-state index in [1.165, 1.54) is 12.8 Å². The highest BCUT2D eigenvalue weighted by Gasteiger charge is 2.17. The number of benzene rings is 1. The molecule has 17 heavy (non-hydrogen) atoms. The predicted molar refractivity (Wildman–Crippen MR) is 70.1 cm³/mol. The molecule has 3 nitrogen and oxygen atoms in total. The number of rotatable bonds is 8. The van der Waals surface area contributed by atoms with E-state index in [1.54, 1.807) is 24.3 Å². The standard InChI is InChI=1S/C12H18BClO3/c1-2-3-4-5-10-16-13(15)17-12-8-6-11(14)7-9-12/h6-9,15H,2-5,10H2,1H3. The van der Waals surface area contributed by atoms with Crippen molar-refractivity contribution in [1.29, 1.82) is 0 Å².